The van der Waals surface area contributed by atoms with Crippen LogP contribution in [0.15, 0.2) is 24.3 Å². The molecule has 8 heteroatoms. The zero-order valence-corrected chi connectivity index (χ0v) is 16.2. The number of carbonyl (C=O) groups is 2. The largest absolute Gasteiger partial charge is 0.459 e. The van der Waals surface area contributed by atoms with Crippen LogP contribution in [0, 0.1) is 22.0 Å². The lowest BCUT2D eigenvalue weighted by molar-refractivity contribution is -0.384. The van der Waals surface area contributed by atoms with Gasteiger partial charge in [-0.2, -0.15) is 0 Å². The van der Waals surface area contributed by atoms with Gasteiger partial charge in [0.1, 0.15) is 19.3 Å². The van der Waals surface area contributed by atoms with Crippen molar-refractivity contribution in [3.8, 4) is 11.8 Å². The minimum atomic E-state index is -0.884. The van der Waals surface area contributed by atoms with Crippen molar-refractivity contribution >= 4 is 17.7 Å². The summed E-state index contributed by atoms with van der Waals surface area (Å²) in [6.07, 6.45) is 3.96. The summed E-state index contributed by atoms with van der Waals surface area (Å²) in [5.74, 6) is 5.32. The van der Waals surface area contributed by atoms with Crippen molar-refractivity contribution in [2.45, 2.75) is 58.6 Å². The first-order valence-corrected chi connectivity index (χ1v) is 9.23. The monoisotopic (exact) mass is 390 g/mol. The molecular formula is C20H26N2O6. The van der Waals surface area contributed by atoms with E-state index in [0.717, 1.165) is 25.7 Å². The molecule has 0 aliphatic carbocycles. The highest BCUT2D eigenvalue weighted by molar-refractivity contribution is 5.80. The number of non-ortho nitro benzene ring substituents is 1. The highest BCUT2D eigenvalue weighted by Gasteiger charge is 2.18. The van der Waals surface area contributed by atoms with Gasteiger partial charge in [-0.15, -0.1) is 5.92 Å². The third kappa shape index (κ3) is 9.57. The molecule has 0 aromatic heterocycles. The Hall–Kier alpha value is -3.08. The molecule has 28 heavy (non-hydrogen) atoms. The van der Waals surface area contributed by atoms with Crippen LogP contribution in [-0.2, 0) is 20.9 Å². The summed E-state index contributed by atoms with van der Waals surface area (Å²) in [5, 5.41) is 13.0. The highest BCUT2D eigenvalue weighted by Crippen LogP contribution is 2.12. The number of esters is 1. The number of nitrogens with zero attached hydrogens (tertiary/aromatic N) is 1. The van der Waals surface area contributed by atoms with Crippen LogP contribution >= 0.6 is 0 Å². The molecule has 0 fully saturated rings. The average Bonchev–Trinajstić information content (AvgIpc) is 2.68. The van der Waals surface area contributed by atoms with Crippen LogP contribution in [-0.4, -0.2) is 29.6 Å². The molecule has 1 rings (SSSR count). The molecule has 0 radical (unpaired) electrons. The van der Waals surface area contributed by atoms with Crippen molar-refractivity contribution in [1.82, 2.24) is 5.32 Å². The Balaban J connectivity index is 2.24. The molecule has 1 aromatic rings. The van der Waals surface area contributed by atoms with Gasteiger partial charge in [-0.05, 0) is 31.0 Å². The van der Waals surface area contributed by atoms with E-state index in [9.17, 15) is 19.7 Å². The van der Waals surface area contributed by atoms with Crippen molar-refractivity contribution in [1.29, 1.82) is 0 Å². The van der Waals surface area contributed by atoms with Crippen molar-refractivity contribution in [3.63, 3.8) is 0 Å². The number of nitro benzene ring substituents is 1. The molecule has 1 N–H and O–H groups in total. The van der Waals surface area contributed by atoms with Crippen molar-refractivity contribution in [2.75, 3.05) is 6.61 Å². The fraction of sp³-hybridized carbons (Fsp3) is 0.500. The molecule has 8 nitrogen and oxygen atoms in total. The quantitative estimate of drug-likeness (QED) is 0.214. The van der Waals surface area contributed by atoms with E-state index in [4.69, 9.17) is 9.47 Å². The standard InChI is InChI=1S/C20H26N2O6/c1-3-4-5-6-7-8-9-14-27-20(24)21-16(2)19(23)28-15-17-10-12-18(13-11-17)22(25)26/h10-13,16H,3-6,9,14-15H2,1-2H3,(H,21,24). The first-order chi connectivity index (χ1) is 13.4. The predicted molar refractivity (Wildman–Crippen MR) is 103 cm³/mol. The van der Waals surface area contributed by atoms with Gasteiger partial charge in [0.2, 0.25) is 0 Å². The first kappa shape index (κ1) is 23.0. The SMILES string of the molecule is CCCCCC#CCCOC(=O)NC(C)C(=O)OCc1ccc([N+](=O)[O-])cc1. The topological polar surface area (TPSA) is 108 Å². The number of ether oxygens (including phenoxy) is 2. The van der Waals surface area contributed by atoms with E-state index in [0.29, 0.717) is 12.0 Å². The number of alkyl carbamates (subject to hydrolysis) is 1. The fourth-order valence-electron chi connectivity index (χ4n) is 2.11. The Morgan fingerprint density at radius 3 is 2.46 bits per heavy atom. The third-order valence-corrected chi connectivity index (χ3v) is 3.71. The summed E-state index contributed by atoms with van der Waals surface area (Å²) in [6, 6.07) is 4.78. The average molecular weight is 390 g/mol. The molecule has 0 heterocycles. The minimum absolute atomic E-state index is 0.0431. The van der Waals surface area contributed by atoms with Crippen LogP contribution in [0.2, 0.25) is 0 Å². The van der Waals surface area contributed by atoms with E-state index in [2.05, 4.69) is 24.1 Å². The Morgan fingerprint density at radius 1 is 1.14 bits per heavy atom. The molecule has 0 aliphatic heterocycles. The summed E-state index contributed by atoms with van der Waals surface area (Å²) in [7, 11) is 0. The predicted octanol–water partition coefficient (Wildman–Crippen LogP) is 3.73. The third-order valence-electron chi connectivity index (χ3n) is 3.71. The van der Waals surface area contributed by atoms with Crippen LogP contribution in [0.1, 0.15) is 51.5 Å². The van der Waals surface area contributed by atoms with Gasteiger partial charge in [0.05, 0.1) is 4.92 Å². The van der Waals surface area contributed by atoms with Crippen LogP contribution in [0.4, 0.5) is 10.5 Å². The number of unbranched alkanes of at least 4 members (excludes halogenated alkanes) is 3. The molecular weight excluding hydrogens is 364 g/mol. The second kappa shape index (κ2) is 13.1. The molecule has 0 saturated carbocycles. The van der Waals surface area contributed by atoms with Gasteiger partial charge in [0, 0.05) is 25.0 Å². The second-order valence-corrected chi connectivity index (χ2v) is 6.09. The Bertz CT molecular complexity index is 706. The molecule has 0 aliphatic rings. The van der Waals surface area contributed by atoms with Gasteiger partial charge in [-0.25, -0.2) is 9.59 Å². The van der Waals surface area contributed by atoms with Crippen molar-refractivity contribution in [2.24, 2.45) is 0 Å². The summed E-state index contributed by atoms with van der Waals surface area (Å²) >= 11 is 0. The van der Waals surface area contributed by atoms with Gasteiger partial charge in [0.25, 0.3) is 5.69 Å². The van der Waals surface area contributed by atoms with E-state index < -0.39 is 23.0 Å². The molecule has 152 valence electrons. The summed E-state index contributed by atoms with van der Waals surface area (Å²) in [4.78, 5) is 33.6. The molecule has 0 saturated heterocycles. The number of rotatable bonds is 10. The maximum Gasteiger partial charge on any atom is 0.407 e. The number of hydrogen-bond donors (Lipinski definition) is 1. The van der Waals surface area contributed by atoms with Crippen molar-refractivity contribution < 1.29 is 24.0 Å². The van der Waals surface area contributed by atoms with Crippen LogP contribution < -0.4 is 5.32 Å². The van der Waals surface area contributed by atoms with E-state index >= 15 is 0 Å². The Morgan fingerprint density at radius 2 is 1.82 bits per heavy atom. The molecule has 0 bridgehead atoms. The number of nitro groups is 1. The van der Waals surface area contributed by atoms with Crippen LogP contribution in [0.3, 0.4) is 0 Å². The number of carbonyl (C=O) groups excluding carboxylic acids is 2. The van der Waals surface area contributed by atoms with Gasteiger partial charge in [-0.1, -0.05) is 25.7 Å². The van der Waals surface area contributed by atoms with Gasteiger partial charge in [0.15, 0.2) is 0 Å². The molecule has 1 aromatic carbocycles. The molecule has 0 spiro atoms. The van der Waals surface area contributed by atoms with E-state index in [1.807, 2.05) is 0 Å². The fourth-order valence-corrected chi connectivity index (χ4v) is 2.11. The summed E-state index contributed by atoms with van der Waals surface area (Å²) in [6.45, 7) is 3.71. The van der Waals surface area contributed by atoms with E-state index in [1.165, 1.54) is 31.2 Å². The zero-order chi connectivity index (χ0) is 20.8. The molecule has 1 atom stereocenters. The van der Waals surface area contributed by atoms with Crippen LogP contribution in [0.25, 0.3) is 0 Å². The zero-order valence-electron chi connectivity index (χ0n) is 16.2. The van der Waals surface area contributed by atoms with Gasteiger partial charge in [-0.3, -0.25) is 10.1 Å². The van der Waals surface area contributed by atoms with Crippen molar-refractivity contribution in [3.05, 3.63) is 39.9 Å². The number of hydrogen-bond acceptors (Lipinski definition) is 6. The van der Waals surface area contributed by atoms with E-state index in [-0.39, 0.29) is 18.9 Å². The lowest BCUT2D eigenvalue weighted by atomic mass is 10.2. The van der Waals surface area contributed by atoms with E-state index in [1.54, 1.807) is 0 Å². The lowest BCUT2D eigenvalue weighted by Crippen LogP contribution is -2.39. The maximum atomic E-state index is 11.9. The maximum absolute atomic E-state index is 11.9. The summed E-state index contributed by atoms with van der Waals surface area (Å²) in [5.41, 5.74) is 0.560. The molecule has 1 unspecified atom stereocenters. The van der Waals surface area contributed by atoms with Gasteiger partial charge >= 0.3 is 12.1 Å². The number of benzene rings is 1. The van der Waals surface area contributed by atoms with Gasteiger partial charge < -0.3 is 14.8 Å². The number of nitrogens with one attached hydrogen (secondary N) is 1. The number of amides is 1. The van der Waals surface area contributed by atoms with Crippen LogP contribution in [0.5, 0.6) is 0 Å². The highest BCUT2D eigenvalue weighted by atomic mass is 16.6. The molecule has 1 amide bonds. The smallest absolute Gasteiger partial charge is 0.407 e. The summed E-state index contributed by atoms with van der Waals surface area (Å²) < 4.78 is 10.0. The minimum Gasteiger partial charge on any atom is -0.459 e. The Kier molecular flexibility index (Phi) is 10.8. The Labute approximate surface area is 164 Å². The normalized spacial score (nSPS) is 10.9. The lowest BCUT2D eigenvalue weighted by Gasteiger charge is -2.13. The second-order valence-electron chi connectivity index (χ2n) is 6.09. The first-order valence-electron chi connectivity index (χ1n) is 9.23.